The van der Waals surface area contributed by atoms with Crippen LogP contribution < -0.4 is 5.32 Å². The number of nitrogens with zero attached hydrogens (tertiary/aromatic N) is 2. The first-order valence-electron chi connectivity index (χ1n) is 7.56. The van der Waals surface area contributed by atoms with Gasteiger partial charge < -0.3 is 5.32 Å². The van der Waals surface area contributed by atoms with E-state index in [4.69, 9.17) is 0 Å². The molecule has 0 saturated heterocycles. The van der Waals surface area contributed by atoms with Crippen LogP contribution in [-0.2, 0) is 11.2 Å². The minimum Gasteiger partial charge on any atom is -0.348 e. The van der Waals surface area contributed by atoms with E-state index in [1.54, 1.807) is 18.5 Å². The van der Waals surface area contributed by atoms with Gasteiger partial charge in [-0.15, -0.1) is 0 Å². The molecule has 0 spiro atoms. The quantitative estimate of drug-likeness (QED) is 0.696. The van der Waals surface area contributed by atoms with Gasteiger partial charge in [-0.2, -0.15) is 0 Å². The highest BCUT2D eigenvalue weighted by atomic mass is 32.2. The second-order valence-corrected chi connectivity index (χ2v) is 6.75. The first kappa shape index (κ1) is 15.0. The Labute approximate surface area is 134 Å². The lowest BCUT2D eigenvalue weighted by molar-refractivity contribution is -0.121. The second-order valence-electron chi connectivity index (χ2n) is 5.44. The van der Waals surface area contributed by atoms with E-state index >= 15 is 0 Å². The zero-order chi connectivity index (χ0) is 15.4. The number of amides is 1. The van der Waals surface area contributed by atoms with Crippen molar-refractivity contribution in [2.24, 2.45) is 0 Å². The molecule has 0 bridgehead atoms. The van der Waals surface area contributed by atoms with Gasteiger partial charge in [-0.1, -0.05) is 36.0 Å². The Balaban J connectivity index is 1.65. The van der Waals surface area contributed by atoms with Crippen LogP contribution in [-0.4, -0.2) is 21.1 Å². The third-order valence-electron chi connectivity index (χ3n) is 3.88. The van der Waals surface area contributed by atoms with E-state index in [0.29, 0.717) is 5.16 Å². The number of aryl methyl sites for hydroxylation is 1. The largest absolute Gasteiger partial charge is 0.348 e. The number of hydrogen-bond acceptors (Lipinski definition) is 4. The second kappa shape index (κ2) is 6.92. The molecule has 1 heterocycles. The van der Waals surface area contributed by atoms with Crippen LogP contribution in [0.1, 0.15) is 36.9 Å². The van der Waals surface area contributed by atoms with Crippen LogP contribution in [0.3, 0.4) is 0 Å². The molecule has 1 aliphatic carbocycles. The number of hydrogen-bond donors (Lipinski definition) is 1. The highest BCUT2D eigenvalue weighted by molar-refractivity contribution is 8.00. The first-order chi connectivity index (χ1) is 10.7. The molecule has 1 N–H and O–H groups in total. The van der Waals surface area contributed by atoms with Crippen LogP contribution in [0.5, 0.6) is 0 Å². The van der Waals surface area contributed by atoms with Gasteiger partial charge in [0, 0.05) is 12.4 Å². The van der Waals surface area contributed by atoms with Gasteiger partial charge in [0.25, 0.3) is 0 Å². The van der Waals surface area contributed by atoms with E-state index in [1.807, 2.05) is 13.0 Å². The number of fused-ring (bicyclic) bond motifs is 1. The Bertz CT molecular complexity index is 647. The molecule has 2 aromatic rings. The zero-order valence-corrected chi connectivity index (χ0v) is 13.3. The summed E-state index contributed by atoms with van der Waals surface area (Å²) in [7, 11) is 0. The van der Waals surface area contributed by atoms with Crippen molar-refractivity contribution in [3.63, 3.8) is 0 Å². The summed E-state index contributed by atoms with van der Waals surface area (Å²) in [5.74, 6) is 0.0409. The van der Waals surface area contributed by atoms with Gasteiger partial charge in [0.15, 0.2) is 5.16 Å². The lowest BCUT2D eigenvalue weighted by Gasteiger charge is -2.27. The van der Waals surface area contributed by atoms with Gasteiger partial charge in [-0.05, 0) is 43.4 Å². The smallest absolute Gasteiger partial charge is 0.233 e. The van der Waals surface area contributed by atoms with Crippen molar-refractivity contribution in [2.75, 3.05) is 0 Å². The van der Waals surface area contributed by atoms with E-state index in [0.717, 1.165) is 19.3 Å². The highest BCUT2D eigenvalue weighted by Gasteiger charge is 2.24. The average Bonchev–Trinajstić information content (AvgIpc) is 2.56. The molecule has 1 amide bonds. The molecule has 2 atom stereocenters. The highest BCUT2D eigenvalue weighted by Crippen LogP contribution is 2.30. The van der Waals surface area contributed by atoms with Crippen LogP contribution in [0.4, 0.5) is 0 Å². The number of nitrogens with one attached hydrogen (secondary N) is 1. The van der Waals surface area contributed by atoms with Crippen molar-refractivity contribution in [1.29, 1.82) is 0 Å². The molecule has 0 aliphatic heterocycles. The minimum atomic E-state index is -0.212. The maximum absolute atomic E-state index is 12.4. The van der Waals surface area contributed by atoms with Crippen molar-refractivity contribution in [1.82, 2.24) is 15.3 Å². The van der Waals surface area contributed by atoms with E-state index in [1.165, 1.54) is 22.9 Å². The number of carbonyl (C=O) groups is 1. The number of carbonyl (C=O) groups excluding carboxylic acids is 1. The molecule has 0 fully saturated rings. The predicted molar refractivity (Wildman–Crippen MR) is 87.6 cm³/mol. The minimum absolute atomic E-state index is 0.0409. The summed E-state index contributed by atoms with van der Waals surface area (Å²) in [6.45, 7) is 1.89. The molecule has 2 unspecified atom stereocenters. The molecule has 0 radical (unpaired) electrons. The van der Waals surface area contributed by atoms with E-state index in [-0.39, 0.29) is 17.2 Å². The fraction of sp³-hybridized carbons (Fsp3) is 0.353. The standard InChI is InChI=1S/C17H19N3OS/c1-12(22-17-18-10-5-11-19-17)16(21)20-15-9-4-7-13-6-2-3-8-14(13)15/h2-3,5-6,8,10-12,15H,4,7,9H2,1H3,(H,20,21). The van der Waals surface area contributed by atoms with E-state index in [9.17, 15) is 4.79 Å². The predicted octanol–water partition coefficient (Wildman–Crippen LogP) is 3.15. The van der Waals surface area contributed by atoms with Gasteiger partial charge >= 0.3 is 0 Å². The summed E-state index contributed by atoms with van der Waals surface area (Å²) in [6, 6.07) is 10.3. The van der Waals surface area contributed by atoms with E-state index in [2.05, 4.69) is 33.5 Å². The molecule has 4 nitrogen and oxygen atoms in total. The van der Waals surface area contributed by atoms with Crippen LogP contribution >= 0.6 is 11.8 Å². The third-order valence-corrected chi connectivity index (χ3v) is 4.87. The number of aromatic nitrogens is 2. The Morgan fingerprint density at radius 1 is 1.27 bits per heavy atom. The number of benzene rings is 1. The average molecular weight is 313 g/mol. The SMILES string of the molecule is CC(Sc1ncccn1)C(=O)NC1CCCc2ccccc21. The summed E-state index contributed by atoms with van der Waals surface area (Å²) in [4.78, 5) is 20.7. The van der Waals surface area contributed by atoms with Crippen molar-refractivity contribution in [3.8, 4) is 0 Å². The van der Waals surface area contributed by atoms with Crippen molar-refractivity contribution in [3.05, 3.63) is 53.9 Å². The Morgan fingerprint density at radius 2 is 2.05 bits per heavy atom. The molecule has 1 aliphatic rings. The van der Waals surface area contributed by atoms with Crippen LogP contribution in [0.15, 0.2) is 47.9 Å². The van der Waals surface area contributed by atoms with Gasteiger partial charge in [-0.25, -0.2) is 9.97 Å². The van der Waals surface area contributed by atoms with Gasteiger partial charge in [-0.3, -0.25) is 4.79 Å². The van der Waals surface area contributed by atoms with Crippen LogP contribution in [0.2, 0.25) is 0 Å². The summed E-state index contributed by atoms with van der Waals surface area (Å²) < 4.78 is 0. The molecule has 0 saturated carbocycles. The van der Waals surface area contributed by atoms with Crippen LogP contribution in [0, 0.1) is 0 Å². The third kappa shape index (κ3) is 3.47. The zero-order valence-electron chi connectivity index (χ0n) is 12.5. The summed E-state index contributed by atoms with van der Waals surface area (Å²) >= 11 is 1.39. The summed E-state index contributed by atoms with van der Waals surface area (Å²) in [6.07, 6.45) is 6.60. The lowest BCUT2D eigenvalue weighted by Crippen LogP contribution is -2.36. The molecular weight excluding hydrogens is 294 g/mol. The number of rotatable bonds is 4. The van der Waals surface area contributed by atoms with Crippen molar-refractivity contribution < 1.29 is 4.79 Å². The molecule has 114 valence electrons. The molecule has 1 aromatic heterocycles. The monoisotopic (exact) mass is 313 g/mol. The fourth-order valence-electron chi connectivity index (χ4n) is 2.75. The Hall–Kier alpha value is -1.88. The molecule has 5 heteroatoms. The Kier molecular flexibility index (Phi) is 4.73. The normalized spacial score (nSPS) is 18.3. The summed E-state index contributed by atoms with van der Waals surface area (Å²) in [5.41, 5.74) is 2.61. The Morgan fingerprint density at radius 3 is 2.86 bits per heavy atom. The lowest BCUT2D eigenvalue weighted by atomic mass is 9.88. The fourth-order valence-corrected chi connectivity index (χ4v) is 3.49. The van der Waals surface area contributed by atoms with Crippen LogP contribution in [0.25, 0.3) is 0 Å². The topological polar surface area (TPSA) is 54.9 Å². The summed E-state index contributed by atoms with van der Waals surface area (Å²) in [5, 5.41) is 3.60. The first-order valence-corrected chi connectivity index (χ1v) is 8.44. The maximum Gasteiger partial charge on any atom is 0.233 e. The van der Waals surface area contributed by atoms with Gasteiger partial charge in [0.2, 0.25) is 5.91 Å². The van der Waals surface area contributed by atoms with E-state index < -0.39 is 0 Å². The molecular formula is C17H19N3OS. The molecule has 22 heavy (non-hydrogen) atoms. The number of thioether (sulfide) groups is 1. The van der Waals surface area contributed by atoms with Crippen molar-refractivity contribution in [2.45, 2.75) is 42.6 Å². The van der Waals surface area contributed by atoms with Crippen molar-refractivity contribution >= 4 is 17.7 Å². The van der Waals surface area contributed by atoms with Gasteiger partial charge in [0.05, 0.1) is 11.3 Å². The molecule has 3 rings (SSSR count). The maximum atomic E-state index is 12.4. The van der Waals surface area contributed by atoms with Gasteiger partial charge in [0.1, 0.15) is 0 Å². The molecule has 1 aromatic carbocycles.